The second-order valence-electron chi connectivity index (χ2n) is 14.6. The molecular formula is C34H48F6O4SSi2. The van der Waals surface area contributed by atoms with Crippen molar-refractivity contribution in [3.05, 3.63) is 57.3 Å². The van der Waals surface area contributed by atoms with Crippen LogP contribution in [0.2, 0.25) is 36.3 Å². The Labute approximate surface area is 281 Å². The van der Waals surface area contributed by atoms with E-state index in [9.17, 15) is 31.4 Å². The van der Waals surface area contributed by atoms with Gasteiger partial charge in [0.25, 0.3) is 0 Å². The molecule has 1 heterocycles. The van der Waals surface area contributed by atoms with Crippen molar-refractivity contribution >= 4 is 33.5 Å². The van der Waals surface area contributed by atoms with Crippen LogP contribution in [-0.2, 0) is 28.7 Å². The zero-order chi connectivity index (χ0) is 36.3. The Morgan fingerprint density at radius 1 is 0.787 bits per heavy atom. The topological polar surface area (TPSA) is 47.9 Å². The monoisotopic (exact) mass is 722 g/mol. The number of aliphatic hydroxyl groups is 1. The standard InChI is InChI=1S/C34H48F6O4SSi2/c1-12-24(14-13-19-32(41,33(35,36)37)34(38,39)40)29-18-17-28(45-29)23-42-27-16-15-25(21-43-46(8,9)30(2,3)4)26(20-27)22-44-47(10,11)31(5,6)7/h14-18,20,41H,12,21-23H2,1-11H3. The van der Waals surface area contributed by atoms with Gasteiger partial charge in [-0.15, -0.1) is 11.3 Å². The van der Waals surface area contributed by atoms with Crippen LogP contribution in [0, 0.1) is 11.8 Å². The zero-order valence-corrected chi connectivity index (χ0v) is 32.0. The normalized spacial score (nSPS) is 14.2. The van der Waals surface area contributed by atoms with Crippen molar-refractivity contribution in [2.24, 2.45) is 0 Å². The Bertz CT molecular complexity index is 1440. The van der Waals surface area contributed by atoms with E-state index in [4.69, 9.17) is 13.6 Å². The molecule has 0 radical (unpaired) electrons. The van der Waals surface area contributed by atoms with Crippen LogP contribution in [0.4, 0.5) is 26.3 Å². The fraction of sp³-hybridized carbons (Fsp3) is 0.588. The summed E-state index contributed by atoms with van der Waals surface area (Å²) in [6, 6.07) is 9.32. The molecule has 0 aliphatic rings. The van der Waals surface area contributed by atoms with Gasteiger partial charge in [0.15, 0.2) is 16.6 Å². The highest BCUT2D eigenvalue weighted by molar-refractivity contribution is 7.13. The van der Waals surface area contributed by atoms with E-state index in [-0.39, 0.29) is 16.7 Å². The average molecular weight is 723 g/mol. The van der Waals surface area contributed by atoms with Gasteiger partial charge in [0.05, 0.1) is 13.2 Å². The molecule has 4 nitrogen and oxygen atoms in total. The summed E-state index contributed by atoms with van der Waals surface area (Å²) in [6.45, 7) is 24.7. The maximum Gasteiger partial charge on any atom is 0.438 e. The summed E-state index contributed by atoms with van der Waals surface area (Å²) in [5.41, 5.74) is -2.69. The lowest BCUT2D eigenvalue weighted by atomic mass is 10.0. The van der Waals surface area contributed by atoms with Gasteiger partial charge in [-0.3, -0.25) is 0 Å². The molecule has 0 amide bonds. The molecule has 47 heavy (non-hydrogen) atoms. The van der Waals surface area contributed by atoms with Gasteiger partial charge in [-0.05, 0) is 95.6 Å². The number of halogens is 6. The summed E-state index contributed by atoms with van der Waals surface area (Å²) in [6.07, 6.45) is -10.7. The van der Waals surface area contributed by atoms with Crippen molar-refractivity contribution in [3.63, 3.8) is 0 Å². The van der Waals surface area contributed by atoms with Gasteiger partial charge in [-0.25, -0.2) is 0 Å². The molecule has 0 aliphatic carbocycles. The van der Waals surface area contributed by atoms with Crippen LogP contribution in [0.1, 0.15) is 75.8 Å². The Hall–Kier alpha value is -2.09. The van der Waals surface area contributed by atoms with Crippen LogP contribution >= 0.6 is 11.3 Å². The molecule has 0 aliphatic heterocycles. The molecule has 0 fully saturated rings. The van der Waals surface area contributed by atoms with Gasteiger partial charge in [-0.2, -0.15) is 26.3 Å². The van der Waals surface area contributed by atoms with E-state index in [0.717, 1.165) is 28.0 Å². The molecule has 0 spiro atoms. The second kappa shape index (κ2) is 14.8. The average Bonchev–Trinajstić information content (AvgIpc) is 3.38. The van der Waals surface area contributed by atoms with E-state index in [0.29, 0.717) is 35.8 Å². The molecule has 1 aromatic carbocycles. The number of thiophene rings is 1. The molecule has 0 saturated heterocycles. The Morgan fingerprint density at radius 3 is 1.77 bits per heavy atom. The molecule has 2 rings (SSSR count). The van der Waals surface area contributed by atoms with Gasteiger partial charge in [0.1, 0.15) is 12.4 Å². The van der Waals surface area contributed by atoms with Crippen LogP contribution in [0.25, 0.3) is 5.57 Å². The molecule has 1 N–H and O–H groups in total. The number of alkyl halides is 6. The van der Waals surface area contributed by atoms with E-state index >= 15 is 0 Å². The summed E-state index contributed by atoms with van der Waals surface area (Å²) in [5, 5.41) is 9.38. The molecule has 264 valence electrons. The van der Waals surface area contributed by atoms with Crippen LogP contribution in [0.15, 0.2) is 36.4 Å². The summed E-state index contributed by atoms with van der Waals surface area (Å²) in [4.78, 5) is 1.41. The smallest absolute Gasteiger partial charge is 0.438 e. The summed E-state index contributed by atoms with van der Waals surface area (Å²) >= 11 is 1.29. The predicted molar refractivity (Wildman–Crippen MR) is 182 cm³/mol. The third kappa shape index (κ3) is 10.5. The minimum absolute atomic E-state index is 0.0328. The van der Waals surface area contributed by atoms with E-state index in [1.54, 1.807) is 25.0 Å². The first-order valence-corrected chi connectivity index (χ1v) is 22.0. The SMILES string of the molecule is CCC(=CC#CC(O)(C(F)(F)F)C(F)(F)F)c1ccc(COc2ccc(CO[Si](C)(C)C(C)(C)C)c(CO[Si](C)(C)C(C)(C)C)c2)s1. The van der Waals surface area contributed by atoms with Crippen LogP contribution in [-0.4, -0.2) is 39.7 Å². The van der Waals surface area contributed by atoms with Gasteiger partial charge >= 0.3 is 18.0 Å². The van der Waals surface area contributed by atoms with Gasteiger partial charge in [0.2, 0.25) is 0 Å². The van der Waals surface area contributed by atoms with E-state index in [1.807, 2.05) is 18.2 Å². The minimum Gasteiger partial charge on any atom is -0.488 e. The van der Waals surface area contributed by atoms with E-state index in [2.05, 4.69) is 67.7 Å². The fourth-order valence-corrected chi connectivity index (χ4v) is 6.48. The van der Waals surface area contributed by atoms with E-state index in [1.165, 1.54) is 11.3 Å². The largest absolute Gasteiger partial charge is 0.488 e. The van der Waals surface area contributed by atoms with Gasteiger partial charge in [0, 0.05) is 9.75 Å². The third-order valence-electron chi connectivity index (χ3n) is 9.03. The number of allylic oxidation sites excluding steroid dienone is 2. The Kier molecular flexibility index (Phi) is 12.9. The zero-order valence-electron chi connectivity index (χ0n) is 29.1. The lowest BCUT2D eigenvalue weighted by Gasteiger charge is -2.37. The van der Waals surface area contributed by atoms with Crippen molar-refractivity contribution in [1.29, 1.82) is 0 Å². The predicted octanol–water partition coefficient (Wildman–Crippen LogP) is 11.0. The highest BCUT2D eigenvalue weighted by Gasteiger charge is 2.70. The summed E-state index contributed by atoms with van der Waals surface area (Å²) in [7, 11) is -4.06. The minimum atomic E-state index is -6.00. The molecule has 0 unspecified atom stereocenters. The molecule has 2 aromatic rings. The van der Waals surface area contributed by atoms with Crippen LogP contribution in [0.5, 0.6) is 5.75 Å². The number of benzene rings is 1. The molecule has 13 heteroatoms. The molecule has 0 saturated carbocycles. The van der Waals surface area contributed by atoms with Crippen molar-refractivity contribution in [2.45, 2.75) is 129 Å². The third-order valence-corrected chi connectivity index (χ3v) is 19.1. The first-order valence-electron chi connectivity index (χ1n) is 15.3. The molecular weight excluding hydrogens is 675 g/mol. The number of hydrogen-bond acceptors (Lipinski definition) is 5. The summed E-state index contributed by atoms with van der Waals surface area (Å²) in [5.74, 6) is 3.38. The number of ether oxygens (including phenoxy) is 1. The van der Waals surface area contributed by atoms with E-state index < -0.39 is 34.6 Å². The van der Waals surface area contributed by atoms with Gasteiger partial charge < -0.3 is 18.7 Å². The quantitative estimate of drug-likeness (QED) is 0.143. The number of rotatable bonds is 11. The second-order valence-corrected chi connectivity index (χ2v) is 25.4. The summed E-state index contributed by atoms with van der Waals surface area (Å²) < 4.78 is 97.0. The van der Waals surface area contributed by atoms with Crippen molar-refractivity contribution < 1.29 is 45.0 Å². The number of hydrogen-bond donors (Lipinski definition) is 1. The Balaban J connectivity index is 2.29. The first kappa shape index (κ1) is 41.1. The first-order chi connectivity index (χ1) is 21.1. The maximum absolute atomic E-state index is 13.0. The maximum atomic E-state index is 13.0. The molecule has 0 atom stereocenters. The highest BCUT2D eigenvalue weighted by Crippen LogP contribution is 2.43. The van der Waals surface area contributed by atoms with Crippen molar-refractivity contribution in [2.75, 3.05) is 0 Å². The van der Waals surface area contributed by atoms with Crippen molar-refractivity contribution in [1.82, 2.24) is 0 Å². The molecule has 1 aromatic heterocycles. The lowest BCUT2D eigenvalue weighted by molar-refractivity contribution is -0.343. The molecule has 0 bridgehead atoms. The fourth-order valence-electron chi connectivity index (χ4n) is 3.58. The Morgan fingerprint density at radius 2 is 1.30 bits per heavy atom. The van der Waals surface area contributed by atoms with Crippen LogP contribution in [0.3, 0.4) is 0 Å². The van der Waals surface area contributed by atoms with Crippen LogP contribution < -0.4 is 4.74 Å². The highest BCUT2D eigenvalue weighted by atomic mass is 32.1. The van der Waals surface area contributed by atoms with Crippen molar-refractivity contribution in [3.8, 4) is 17.6 Å². The van der Waals surface area contributed by atoms with Gasteiger partial charge in [-0.1, -0.05) is 60.5 Å². The lowest BCUT2D eigenvalue weighted by Crippen LogP contribution is -2.55.